The van der Waals surface area contributed by atoms with E-state index in [2.05, 4.69) is 43.3 Å². The molecule has 0 aliphatic carbocycles. The van der Waals surface area contributed by atoms with Crippen LogP contribution in [-0.2, 0) is 9.53 Å². The minimum atomic E-state index is -0.403. The molecule has 190 valence electrons. The standard InChI is InChI=1S/C31H29FO4S/c1-4-34-31(33)20-36-29-15-14-27(19-21(29)2)35-18-17-28(24-10-12-26(32)13-11-24)23-6-8-25(9-7-23)30-16-5-22(3)37-30/h5-17,19H,4,18,20H2,1-3H3/b28-17-. The summed E-state index contributed by atoms with van der Waals surface area (Å²) in [6.45, 7) is 6.25. The Kier molecular flexibility index (Phi) is 8.75. The number of aryl methyl sites for hydroxylation is 2. The van der Waals surface area contributed by atoms with Gasteiger partial charge in [0.1, 0.15) is 23.9 Å². The van der Waals surface area contributed by atoms with E-state index in [0.29, 0.717) is 24.7 Å². The van der Waals surface area contributed by atoms with Gasteiger partial charge in [-0.1, -0.05) is 36.4 Å². The van der Waals surface area contributed by atoms with Gasteiger partial charge in [-0.3, -0.25) is 0 Å². The summed E-state index contributed by atoms with van der Waals surface area (Å²) in [5.74, 6) is 0.603. The lowest BCUT2D eigenvalue weighted by atomic mass is 9.96. The minimum absolute atomic E-state index is 0.135. The second-order valence-corrected chi connectivity index (χ2v) is 9.73. The molecular weight excluding hydrogens is 487 g/mol. The fourth-order valence-electron chi connectivity index (χ4n) is 3.87. The lowest BCUT2D eigenvalue weighted by Crippen LogP contribution is -2.14. The van der Waals surface area contributed by atoms with Crippen molar-refractivity contribution >= 4 is 22.9 Å². The fourth-order valence-corrected chi connectivity index (χ4v) is 4.74. The molecule has 1 heterocycles. The fraction of sp³-hybridized carbons (Fsp3) is 0.194. The van der Waals surface area contributed by atoms with E-state index in [1.54, 1.807) is 42.5 Å². The predicted molar refractivity (Wildman–Crippen MR) is 147 cm³/mol. The molecule has 4 rings (SSSR count). The van der Waals surface area contributed by atoms with E-state index in [0.717, 1.165) is 27.8 Å². The molecular formula is C31H29FO4S. The number of thiophene rings is 1. The second kappa shape index (κ2) is 12.4. The highest BCUT2D eigenvalue weighted by Crippen LogP contribution is 2.31. The number of carbonyl (C=O) groups is 1. The van der Waals surface area contributed by atoms with Gasteiger partial charge < -0.3 is 14.2 Å². The van der Waals surface area contributed by atoms with Gasteiger partial charge in [0.05, 0.1) is 6.61 Å². The first-order valence-electron chi connectivity index (χ1n) is 12.1. The van der Waals surface area contributed by atoms with E-state index >= 15 is 0 Å². The Morgan fingerprint density at radius 3 is 2.22 bits per heavy atom. The van der Waals surface area contributed by atoms with Gasteiger partial charge in [-0.15, -0.1) is 11.3 Å². The zero-order chi connectivity index (χ0) is 26.2. The van der Waals surface area contributed by atoms with Crippen LogP contribution in [0.15, 0.2) is 84.9 Å². The number of rotatable bonds is 10. The lowest BCUT2D eigenvalue weighted by molar-refractivity contribution is -0.145. The van der Waals surface area contributed by atoms with Gasteiger partial charge in [0.2, 0.25) is 0 Å². The number of esters is 1. The summed E-state index contributed by atoms with van der Waals surface area (Å²) in [5, 5.41) is 0. The molecule has 0 N–H and O–H groups in total. The van der Waals surface area contributed by atoms with Crippen molar-refractivity contribution < 1.29 is 23.4 Å². The number of ether oxygens (including phenoxy) is 3. The van der Waals surface area contributed by atoms with Crippen molar-refractivity contribution in [3.05, 3.63) is 112 Å². The molecule has 0 bridgehead atoms. The summed E-state index contributed by atoms with van der Waals surface area (Å²) in [4.78, 5) is 14.0. The Bertz CT molecular complexity index is 1370. The van der Waals surface area contributed by atoms with Crippen LogP contribution in [0, 0.1) is 19.7 Å². The number of carbonyl (C=O) groups excluding carboxylic acids is 1. The van der Waals surface area contributed by atoms with Crippen molar-refractivity contribution in [2.45, 2.75) is 20.8 Å². The van der Waals surface area contributed by atoms with Crippen molar-refractivity contribution in [3.8, 4) is 21.9 Å². The van der Waals surface area contributed by atoms with Crippen LogP contribution < -0.4 is 9.47 Å². The molecule has 0 aliphatic rings. The maximum atomic E-state index is 13.6. The molecule has 0 unspecified atom stereocenters. The Hall–Kier alpha value is -3.90. The summed E-state index contributed by atoms with van der Waals surface area (Å²) in [6, 6.07) is 24.6. The van der Waals surface area contributed by atoms with Gasteiger partial charge in [0, 0.05) is 9.75 Å². The molecule has 4 aromatic rings. The van der Waals surface area contributed by atoms with Crippen molar-refractivity contribution in [2.75, 3.05) is 19.8 Å². The average Bonchev–Trinajstić information content (AvgIpc) is 3.33. The Morgan fingerprint density at radius 2 is 1.59 bits per heavy atom. The first-order valence-corrected chi connectivity index (χ1v) is 12.9. The van der Waals surface area contributed by atoms with Gasteiger partial charge in [-0.05, 0) is 97.1 Å². The van der Waals surface area contributed by atoms with Crippen LogP contribution in [0.4, 0.5) is 4.39 Å². The summed E-state index contributed by atoms with van der Waals surface area (Å²) in [6.07, 6.45) is 2.00. The van der Waals surface area contributed by atoms with Crippen LogP contribution >= 0.6 is 11.3 Å². The van der Waals surface area contributed by atoms with Gasteiger partial charge in [0.15, 0.2) is 6.61 Å². The van der Waals surface area contributed by atoms with Gasteiger partial charge in [0.25, 0.3) is 0 Å². The SMILES string of the molecule is CCOC(=O)COc1ccc(OC/C=C(\c2ccc(F)cc2)c2ccc(-c3ccc(C)s3)cc2)cc1C. The number of hydrogen-bond acceptors (Lipinski definition) is 5. The molecule has 0 saturated carbocycles. The Labute approximate surface area is 221 Å². The zero-order valence-electron chi connectivity index (χ0n) is 21.1. The third-order valence-corrected chi connectivity index (χ3v) is 6.76. The maximum Gasteiger partial charge on any atom is 0.344 e. The normalized spacial score (nSPS) is 11.3. The topological polar surface area (TPSA) is 44.8 Å². The molecule has 3 aromatic carbocycles. The van der Waals surface area contributed by atoms with Crippen molar-refractivity contribution in [3.63, 3.8) is 0 Å². The molecule has 0 radical (unpaired) electrons. The third-order valence-electron chi connectivity index (χ3n) is 5.71. The smallest absolute Gasteiger partial charge is 0.344 e. The van der Waals surface area contributed by atoms with Crippen LogP contribution in [0.5, 0.6) is 11.5 Å². The number of hydrogen-bond donors (Lipinski definition) is 0. The Morgan fingerprint density at radius 1 is 0.892 bits per heavy atom. The largest absolute Gasteiger partial charge is 0.489 e. The first kappa shape index (κ1) is 26.2. The summed E-state index contributed by atoms with van der Waals surface area (Å²) in [5.41, 5.74) is 4.90. The second-order valence-electron chi connectivity index (χ2n) is 8.44. The van der Waals surface area contributed by atoms with Gasteiger partial charge in [-0.25, -0.2) is 9.18 Å². The monoisotopic (exact) mass is 516 g/mol. The highest BCUT2D eigenvalue weighted by molar-refractivity contribution is 7.15. The molecule has 0 atom stereocenters. The Balaban J connectivity index is 1.50. The lowest BCUT2D eigenvalue weighted by Gasteiger charge is -2.12. The van der Waals surface area contributed by atoms with E-state index in [1.807, 2.05) is 19.1 Å². The van der Waals surface area contributed by atoms with E-state index in [1.165, 1.54) is 21.9 Å². The molecule has 4 nitrogen and oxygen atoms in total. The molecule has 0 fully saturated rings. The van der Waals surface area contributed by atoms with Gasteiger partial charge >= 0.3 is 5.97 Å². The van der Waals surface area contributed by atoms with E-state index in [-0.39, 0.29) is 12.4 Å². The van der Waals surface area contributed by atoms with E-state index < -0.39 is 5.97 Å². The molecule has 0 spiro atoms. The molecule has 0 aliphatic heterocycles. The molecule has 1 aromatic heterocycles. The zero-order valence-corrected chi connectivity index (χ0v) is 21.9. The molecule has 0 saturated heterocycles. The summed E-state index contributed by atoms with van der Waals surface area (Å²) >= 11 is 1.76. The maximum absolute atomic E-state index is 13.6. The van der Waals surface area contributed by atoms with Crippen LogP contribution in [0.25, 0.3) is 16.0 Å². The van der Waals surface area contributed by atoms with E-state index in [9.17, 15) is 9.18 Å². The minimum Gasteiger partial charge on any atom is -0.489 e. The number of halogens is 1. The third kappa shape index (κ3) is 7.08. The van der Waals surface area contributed by atoms with Crippen LogP contribution in [0.1, 0.15) is 28.5 Å². The molecule has 37 heavy (non-hydrogen) atoms. The quantitative estimate of drug-likeness (QED) is 0.203. The van der Waals surface area contributed by atoms with Gasteiger partial charge in [-0.2, -0.15) is 0 Å². The molecule has 0 amide bonds. The van der Waals surface area contributed by atoms with Crippen molar-refractivity contribution in [1.82, 2.24) is 0 Å². The highest BCUT2D eigenvalue weighted by atomic mass is 32.1. The van der Waals surface area contributed by atoms with Crippen molar-refractivity contribution in [1.29, 1.82) is 0 Å². The summed E-state index contributed by atoms with van der Waals surface area (Å²) < 4.78 is 30.0. The molecule has 6 heteroatoms. The van der Waals surface area contributed by atoms with Crippen molar-refractivity contribution in [2.24, 2.45) is 0 Å². The first-order chi connectivity index (χ1) is 17.9. The van der Waals surface area contributed by atoms with Crippen LogP contribution in [0.3, 0.4) is 0 Å². The van der Waals surface area contributed by atoms with E-state index in [4.69, 9.17) is 14.2 Å². The highest BCUT2D eigenvalue weighted by Gasteiger charge is 2.09. The predicted octanol–water partition coefficient (Wildman–Crippen LogP) is 7.62. The van der Waals surface area contributed by atoms with Crippen LogP contribution in [0.2, 0.25) is 0 Å². The summed E-state index contributed by atoms with van der Waals surface area (Å²) in [7, 11) is 0. The number of benzene rings is 3. The average molecular weight is 517 g/mol. The van der Waals surface area contributed by atoms with Crippen LogP contribution in [-0.4, -0.2) is 25.8 Å².